The van der Waals surface area contributed by atoms with Gasteiger partial charge in [0.05, 0.1) is 21.9 Å². The first kappa shape index (κ1) is 25.0. The van der Waals surface area contributed by atoms with E-state index in [9.17, 15) is 35.3 Å². The number of rotatable bonds is 5. The summed E-state index contributed by atoms with van der Waals surface area (Å²) in [4.78, 5) is 0. The Hall–Kier alpha value is -2.25. The van der Waals surface area contributed by atoms with Gasteiger partial charge in [0.15, 0.2) is 17.2 Å². The van der Waals surface area contributed by atoms with Gasteiger partial charge in [-0.15, -0.1) is 3.71 Å². The first-order valence-corrected chi connectivity index (χ1v) is 11.7. The lowest BCUT2D eigenvalue weighted by Gasteiger charge is -2.24. The van der Waals surface area contributed by atoms with Gasteiger partial charge in [-0.2, -0.15) is 36.3 Å². The highest BCUT2D eigenvalue weighted by molar-refractivity contribution is 8.08. The monoisotopic (exact) mass is 520 g/mol. The zero-order valence-corrected chi connectivity index (χ0v) is 19.0. The first-order valence-electron chi connectivity index (χ1n) is 7.72. The number of hydrogen-bond donors (Lipinski definition) is 1. The highest BCUT2D eigenvalue weighted by atomic mass is 35.5. The van der Waals surface area contributed by atoms with E-state index in [0.717, 1.165) is 14.1 Å². The van der Waals surface area contributed by atoms with Gasteiger partial charge < -0.3 is 5.73 Å². The summed E-state index contributed by atoms with van der Waals surface area (Å²) in [6, 6.07) is 2.53. The SMILES string of the molecule is CN(C)S(=O)(=O)N(c1c(C#N)nn(-c2c(Cl)cc(C(F)(F)F)cc2Cl)c1N)S(C)(=O)=O. The number of nitrogens with zero attached hydrogens (tertiary/aromatic N) is 5. The molecule has 1 heterocycles. The fourth-order valence-corrected chi connectivity index (χ4v) is 6.02. The molecule has 10 nitrogen and oxygen atoms in total. The normalized spacial score (nSPS) is 12.8. The third-order valence-corrected chi connectivity index (χ3v) is 7.98. The minimum atomic E-state index is -4.78. The average molecular weight is 521 g/mol. The van der Waals surface area contributed by atoms with E-state index in [4.69, 9.17) is 28.9 Å². The lowest BCUT2D eigenvalue weighted by molar-refractivity contribution is -0.137. The van der Waals surface area contributed by atoms with Crippen molar-refractivity contribution in [2.45, 2.75) is 6.18 Å². The Morgan fingerprint density at radius 2 is 1.65 bits per heavy atom. The molecule has 0 radical (unpaired) electrons. The van der Waals surface area contributed by atoms with E-state index >= 15 is 0 Å². The molecule has 0 fully saturated rings. The second-order valence-electron chi connectivity index (χ2n) is 6.14. The van der Waals surface area contributed by atoms with Gasteiger partial charge in [-0.3, -0.25) is 0 Å². The molecule has 1 aromatic carbocycles. The summed E-state index contributed by atoms with van der Waals surface area (Å²) < 4.78 is 89.7. The van der Waals surface area contributed by atoms with E-state index in [-0.39, 0.29) is 3.71 Å². The van der Waals surface area contributed by atoms with Crippen molar-refractivity contribution in [1.82, 2.24) is 14.1 Å². The topological polar surface area (TPSA) is 142 Å². The Bertz CT molecular complexity index is 1280. The van der Waals surface area contributed by atoms with Crippen molar-refractivity contribution >= 4 is 54.9 Å². The van der Waals surface area contributed by atoms with Crippen LogP contribution < -0.4 is 9.44 Å². The third kappa shape index (κ3) is 4.53. The van der Waals surface area contributed by atoms with E-state index in [2.05, 4.69) is 5.10 Å². The molecule has 0 saturated heterocycles. The fourth-order valence-electron chi connectivity index (χ4n) is 2.38. The fraction of sp³-hybridized carbons (Fsp3) is 0.286. The molecule has 0 bridgehead atoms. The number of nitriles is 1. The van der Waals surface area contributed by atoms with Gasteiger partial charge in [-0.25, -0.2) is 13.1 Å². The highest BCUT2D eigenvalue weighted by Crippen LogP contribution is 2.41. The van der Waals surface area contributed by atoms with Crippen LogP contribution in [0.5, 0.6) is 0 Å². The zero-order chi connectivity index (χ0) is 24.1. The van der Waals surface area contributed by atoms with Crippen LogP contribution in [0.25, 0.3) is 5.69 Å². The molecule has 170 valence electrons. The van der Waals surface area contributed by atoms with Gasteiger partial charge >= 0.3 is 16.4 Å². The van der Waals surface area contributed by atoms with Crippen LogP contribution in [0.2, 0.25) is 10.0 Å². The van der Waals surface area contributed by atoms with Crippen LogP contribution in [-0.4, -0.2) is 51.3 Å². The van der Waals surface area contributed by atoms with Crippen molar-refractivity contribution in [3.63, 3.8) is 0 Å². The van der Waals surface area contributed by atoms with Crippen molar-refractivity contribution in [3.8, 4) is 11.8 Å². The predicted molar refractivity (Wildman–Crippen MR) is 108 cm³/mol. The molecule has 0 aliphatic rings. The number of nitrogen functional groups attached to an aromatic ring is 1. The van der Waals surface area contributed by atoms with E-state index < -0.39 is 64.9 Å². The molecular weight excluding hydrogens is 508 g/mol. The van der Waals surface area contributed by atoms with E-state index in [1.54, 1.807) is 0 Å². The molecular formula is C14H13Cl2F3N6O4S2. The Morgan fingerprint density at radius 3 is 2.00 bits per heavy atom. The molecule has 0 spiro atoms. The minimum absolute atomic E-state index is 0.122. The molecule has 1 aromatic heterocycles. The molecule has 0 aliphatic heterocycles. The van der Waals surface area contributed by atoms with Gasteiger partial charge in [0.25, 0.3) is 0 Å². The summed E-state index contributed by atoms with van der Waals surface area (Å²) in [5, 5.41) is 11.9. The number of nitrogens with two attached hydrogens (primary N) is 1. The summed E-state index contributed by atoms with van der Waals surface area (Å²) in [5.74, 6) is -0.726. The van der Waals surface area contributed by atoms with E-state index in [1.807, 2.05) is 0 Å². The summed E-state index contributed by atoms with van der Waals surface area (Å²) in [5.41, 5.74) is 2.67. The summed E-state index contributed by atoms with van der Waals surface area (Å²) in [6.45, 7) is 0. The van der Waals surface area contributed by atoms with Crippen molar-refractivity contribution in [3.05, 3.63) is 33.4 Å². The maximum Gasteiger partial charge on any atom is 0.416 e. The summed E-state index contributed by atoms with van der Waals surface area (Å²) >= 11 is 11.8. The number of halogens is 5. The van der Waals surface area contributed by atoms with Crippen molar-refractivity contribution in [2.24, 2.45) is 0 Å². The van der Waals surface area contributed by atoms with Crippen molar-refractivity contribution in [1.29, 1.82) is 5.26 Å². The van der Waals surface area contributed by atoms with Crippen LogP contribution in [0.15, 0.2) is 12.1 Å². The highest BCUT2D eigenvalue weighted by Gasteiger charge is 2.39. The standard InChI is InChI=1S/C14H13Cl2F3N6O4S2/c1-23(2)31(28,29)25(30(3,26)27)12-10(6-20)22-24(13(12)21)11-8(15)4-7(5-9(11)16)14(17,18)19/h4-5H,21H2,1-3H3. The van der Waals surface area contributed by atoms with Gasteiger partial charge in [0.2, 0.25) is 10.0 Å². The number of anilines is 2. The Balaban J connectivity index is 2.92. The minimum Gasteiger partial charge on any atom is -0.382 e. The van der Waals surface area contributed by atoms with Crippen LogP contribution in [0.4, 0.5) is 24.7 Å². The molecule has 0 amide bonds. The summed E-state index contributed by atoms with van der Waals surface area (Å²) in [7, 11) is -7.26. The predicted octanol–water partition coefficient (Wildman–Crippen LogP) is 2.22. The second-order valence-corrected chi connectivity index (χ2v) is 11.0. The number of benzene rings is 1. The van der Waals surface area contributed by atoms with Crippen molar-refractivity contribution in [2.75, 3.05) is 29.8 Å². The largest absolute Gasteiger partial charge is 0.416 e. The van der Waals surface area contributed by atoms with E-state index in [1.165, 1.54) is 6.07 Å². The lowest BCUT2D eigenvalue weighted by atomic mass is 10.2. The zero-order valence-electron chi connectivity index (χ0n) is 15.8. The molecule has 2 N–H and O–H groups in total. The molecule has 0 atom stereocenters. The van der Waals surface area contributed by atoms with E-state index in [0.29, 0.717) is 27.4 Å². The van der Waals surface area contributed by atoms with Gasteiger partial charge in [-0.05, 0) is 12.1 Å². The van der Waals surface area contributed by atoms with Gasteiger partial charge in [0.1, 0.15) is 11.8 Å². The first-order chi connectivity index (χ1) is 13.9. The van der Waals surface area contributed by atoms with Gasteiger partial charge in [0, 0.05) is 14.1 Å². The molecule has 0 aliphatic carbocycles. The van der Waals surface area contributed by atoms with Crippen LogP contribution >= 0.6 is 23.2 Å². The maximum absolute atomic E-state index is 13.0. The van der Waals surface area contributed by atoms with Crippen molar-refractivity contribution < 1.29 is 30.0 Å². The molecule has 17 heteroatoms. The van der Waals surface area contributed by atoms with Gasteiger partial charge in [-0.1, -0.05) is 23.2 Å². The maximum atomic E-state index is 13.0. The van der Waals surface area contributed by atoms with Crippen LogP contribution in [0.1, 0.15) is 11.3 Å². The smallest absolute Gasteiger partial charge is 0.382 e. The number of hydrogen-bond acceptors (Lipinski definition) is 7. The van der Waals surface area contributed by atoms with Crippen LogP contribution in [-0.2, 0) is 26.4 Å². The molecule has 0 unspecified atom stereocenters. The quantitative estimate of drug-likeness (QED) is 0.636. The van der Waals surface area contributed by atoms with Crippen LogP contribution in [0.3, 0.4) is 0 Å². The summed E-state index contributed by atoms with van der Waals surface area (Å²) in [6.07, 6.45) is -4.23. The third-order valence-electron chi connectivity index (χ3n) is 3.71. The molecule has 2 rings (SSSR count). The molecule has 0 saturated carbocycles. The Kier molecular flexibility index (Phi) is 6.47. The molecule has 31 heavy (non-hydrogen) atoms. The average Bonchev–Trinajstić information content (AvgIpc) is 2.88. The second kappa shape index (κ2) is 8.02. The Morgan fingerprint density at radius 1 is 1.16 bits per heavy atom. The number of aromatic nitrogens is 2. The Labute approximate surface area is 185 Å². The number of alkyl halides is 3. The van der Waals surface area contributed by atoms with Crippen LogP contribution in [0, 0.1) is 11.3 Å². The molecule has 2 aromatic rings. The number of sulfonamides is 1. The lowest BCUT2D eigenvalue weighted by Crippen LogP contribution is -2.44.